The molecule has 0 unspecified atom stereocenters. The number of carbonyl (C=O) groups is 1. The number of aromatic nitrogens is 3. The molecular weight excluding hydrogens is 439 g/mol. The molecule has 2 aromatic heterocycles. The van der Waals surface area contributed by atoms with E-state index in [1.54, 1.807) is 12.3 Å². The summed E-state index contributed by atoms with van der Waals surface area (Å²) in [5.74, 6) is 0.476. The largest absolute Gasteiger partial charge is 0.480 e. The quantitative estimate of drug-likeness (QED) is 0.335. The van der Waals surface area contributed by atoms with Crippen molar-refractivity contribution >= 4 is 17.6 Å². The van der Waals surface area contributed by atoms with E-state index in [1.165, 1.54) is 19.0 Å². The number of pyridine rings is 1. The Morgan fingerprint density at radius 3 is 2.97 bits per heavy atom. The Hall–Kier alpha value is -2.85. The van der Waals surface area contributed by atoms with Crippen molar-refractivity contribution in [2.75, 3.05) is 50.5 Å². The molecule has 0 amide bonds. The van der Waals surface area contributed by atoms with Crippen LogP contribution in [0.5, 0.6) is 0 Å². The van der Waals surface area contributed by atoms with Gasteiger partial charge in [0.25, 0.3) is 0 Å². The summed E-state index contributed by atoms with van der Waals surface area (Å²) in [5.41, 5.74) is 2.33. The van der Waals surface area contributed by atoms with Crippen LogP contribution in [0.2, 0.25) is 0 Å². The van der Waals surface area contributed by atoms with Crippen LogP contribution < -0.4 is 10.6 Å². The minimum Gasteiger partial charge on any atom is -0.480 e. The third kappa shape index (κ3) is 8.49. The monoisotopic (exact) mass is 474 g/mol. The lowest BCUT2D eigenvalue weighted by atomic mass is 10.1. The van der Waals surface area contributed by atoms with Gasteiger partial charge in [0.2, 0.25) is 0 Å². The summed E-state index contributed by atoms with van der Waals surface area (Å²) < 4.78 is 19.2. The number of methoxy groups -OCH3 is 1. The highest BCUT2D eigenvalue weighted by atomic mass is 19.1. The number of alkyl halides is 1. The van der Waals surface area contributed by atoms with Crippen molar-refractivity contribution in [3.05, 3.63) is 42.0 Å². The van der Waals surface area contributed by atoms with Crippen molar-refractivity contribution in [3.63, 3.8) is 0 Å². The number of carboxylic acids is 1. The molecule has 2 aromatic rings. The number of nitrogens with zero attached hydrogens (tertiary/aromatic N) is 4. The van der Waals surface area contributed by atoms with E-state index < -0.39 is 18.2 Å². The van der Waals surface area contributed by atoms with Gasteiger partial charge in [0.05, 0.1) is 6.61 Å². The van der Waals surface area contributed by atoms with E-state index in [0.29, 0.717) is 25.3 Å². The summed E-state index contributed by atoms with van der Waals surface area (Å²) in [4.78, 5) is 26.3. The number of carboxylic acid groups (broad SMARTS) is 1. The van der Waals surface area contributed by atoms with E-state index in [9.17, 15) is 14.3 Å². The summed E-state index contributed by atoms with van der Waals surface area (Å²) in [6, 6.07) is 5.04. The van der Waals surface area contributed by atoms with Gasteiger partial charge in [0.15, 0.2) is 0 Å². The van der Waals surface area contributed by atoms with Crippen LogP contribution in [0.1, 0.15) is 36.9 Å². The number of aliphatic carboxylic acids is 1. The molecule has 2 atom stereocenters. The number of hydrogen-bond donors (Lipinski definition) is 3. The zero-order chi connectivity index (χ0) is 24.2. The predicted molar refractivity (Wildman–Crippen MR) is 129 cm³/mol. The SMILES string of the molecule is COC[C@@H](F)CN(CCCCc1ccc2c(n1)NCCC2)CC[C@H](Nc1ccncn1)C(=O)O. The Labute approximate surface area is 200 Å². The van der Waals surface area contributed by atoms with Gasteiger partial charge in [-0.2, -0.15) is 0 Å². The van der Waals surface area contributed by atoms with Crippen LogP contribution in [0.25, 0.3) is 0 Å². The molecule has 1 aliphatic heterocycles. The fourth-order valence-electron chi connectivity index (χ4n) is 4.08. The van der Waals surface area contributed by atoms with Gasteiger partial charge in [-0.3, -0.25) is 0 Å². The molecule has 0 spiro atoms. The third-order valence-corrected chi connectivity index (χ3v) is 5.85. The summed E-state index contributed by atoms with van der Waals surface area (Å²) >= 11 is 0. The minimum atomic E-state index is -1.13. The number of nitrogens with one attached hydrogen (secondary N) is 2. The number of unbranched alkanes of at least 4 members (excludes halogenated alkanes) is 1. The number of rotatable bonds is 15. The highest BCUT2D eigenvalue weighted by Gasteiger charge is 2.21. The van der Waals surface area contributed by atoms with Gasteiger partial charge in [-0.05, 0) is 62.8 Å². The molecule has 0 aromatic carbocycles. The maximum atomic E-state index is 14.3. The predicted octanol–water partition coefficient (Wildman–Crippen LogP) is 2.79. The Bertz CT molecular complexity index is 888. The van der Waals surface area contributed by atoms with Crippen molar-refractivity contribution in [3.8, 4) is 0 Å². The van der Waals surface area contributed by atoms with Gasteiger partial charge in [0, 0.05) is 38.6 Å². The van der Waals surface area contributed by atoms with Crippen LogP contribution >= 0.6 is 0 Å². The molecule has 3 N–H and O–H groups in total. The van der Waals surface area contributed by atoms with Crippen LogP contribution in [-0.4, -0.2) is 83.0 Å². The third-order valence-electron chi connectivity index (χ3n) is 5.85. The van der Waals surface area contributed by atoms with Gasteiger partial charge in [-0.1, -0.05) is 6.07 Å². The first-order chi connectivity index (χ1) is 16.5. The van der Waals surface area contributed by atoms with Crippen LogP contribution in [0.4, 0.5) is 16.0 Å². The van der Waals surface area contributed by atoms with E-state index in [1.807, 2.05) is 4.90 Å². The van der Waals surface area contributed by atoms with E-state index >= 15 is 0 Å². The second kappa shape index (κ2) is 13.8. The van der Waals surface area contributed by atoms with Crippen molar-refractivity contribution in [2.45, 2.75) is 50.7 Å². The molecule has 0 radical (unpaired) electrons. The molecule has 3 rings (SSSR count). The number of fused-ring (bicyclic) bond motifs is 1. The fraction of sp³-hybridized carbons (Fsp3) is 0.583. The summed E-state index contributed by atoms with van der Waals surface area (Å²) in [6.45, 7) is 2.31. The van der Waals surface area contributed by atoms with Crippen LogP contribution in [0, 0.1) is 0 Å². The average Bonchev–Trinajstić information content (AvgIpc) is 2.84. The lowest BCUT2D eigenvalue weighted by Crippen LogP contribution is -2.38. The van der Waals surface area contributed by atoms with E-state index in [4.69, 9.17) is 9.72 Å². The second-order valence-electron chi connectivity index (χ2n) is 8.57. The van der Waals surface area contributed by atoms with Crippen molar-refractivity contribution in [1.82, 2.24) is 19.9 Å². The molecule has 0 saturated heterocycles. The number of halogens is 1. The molecule has 9 nitrogen and oxygen atoms in total. The maximum absolute atomic E-state index is 14.3. The fourth-order valence-corrected chi connectivity index (χ4v) is 4.08. The Morgan fingerprint density at radius 2 is 2.21 bits per heavy atom. The van der Waals surface area contributed by atoms with Gasteiger partial charge < -0.3 is 25.4 Å². The van der Waals surface area contributed by atoms with Crippen molar-refractivity contribution in [2.24, 2.45) is 0 Å². The lowest BCUT2D eigenvalue weighted by Gasteiger charge is -2.26. The summed E-state index contributed by atoms with van der Waals surface area (Å²) in [7, 11) is 1.48. The Balaban J connectivity index is 1.50. The molecule has 1 aliphatic rings. The summed E-state index contributed by atoms with van der Waals surface area (Å²) in [6.07, 6.45) is 6.94. The van der Waals surface area contributed by atoms with Gasteiger partial charge in [0.1, 0.15) is 30.2 Å². The molecule has 0 aliphatic carbocycles. The minimum absolute atomic E-state index is 0.0179. The molecule has 0 saturated carbocycles. The lowest BCUT2D eigenvalue weighted by molar-refractivity contribution is -0.138. The smallest absolute Gasteiger partial charge is 0.326 e. The number of aryl methyl sites for hydroxylation is 2. The van der Waals surface area contributed by atoms with E-state index in [-0.39, 0.29) is 13.2 Å². The maximum Gasteiger partial charge on any atom is 0.326 e. The first kappa shape index (κ1) is 25.8. The molecule has 186 valence electrons. The van der Waals surface area contributed by atoms with Crippen LogP contribution in [-0.2, 0) is 22.4 Å². The molecule has 0 bridgehead atoms. The number of ether oxygens (including phenoxy) is 1. The molecule has 10 heteroatoms. The zero-order valence-corrected chi connectivity index (χ0v) is 19.8. The zero-order valence-electron chi connectivity index (χ0n) is 19.8. The van der Waals surface area contributed by atoms with Crippen molar-refractivity contribution < 1.29 is 19.0 Å². The van der Waals surface area contributed by atoms with Crippen LogP contribution in [0.3, 0.4) is 0 Å². The Kier molecular flexibility index (Phi) is 10.4. The number of hydrogen-bond acceptors (Lipinski definition) is 8. The molecule has 34 heavy (non-hydrogen) atoms. The summed E-state index contributed by atoms with van der Waals surface area (Å²) in [5, 5.41) is 15.9. The molecule has 3 heterocycles. The molecule has 0 fully saturated rings. The van der Waals surface area contributed by atoms with Gasteiger partial charge in [-0.25, -0.2) is 24.1 Å². The van der Waals surface area contributed by atoms with Gasteiger partial charge >= 0.3 is 5.97 Å². The topological polar surface area (TPSA) is 113 Å². The second-order valence-corrected chi connectivity index (χ2v) is 8.57. The van der Waals surface area contributed by atoms with Crippen molar-refractivity contribution in [1.29, 1.82) is 0 Å². The Morgan fingerprint density at radius 1 is 1.32 bits per heavy atom. The average molecular weight is 475 g/mol. The van der Waals surface area contributed by atoms with E-state index in [2.05, 4.69) is 32.7 Å². The van der Waals surface area contributed by atoms with Crippen LogP contribution in [0.15, 0.2) is 30.7 Å². The van der Waals surface area contributed by atoms with E-state index in [0.717, 1.165) is 50.2 Å². The highest BCUT2D eigenvalue weighted by Crippen LogP contribution is 2.20. The highest BCUT2D eigenvalue weighted by molar-refractivity contribution is 5.76. The number of anilines is 2. The first-order valence-electron chi connectivity index (χ1n) is 11.9. The first-order valence-corrected chi connectivity index (χ1v) is 11.9. The standard InChI is InChI=1S/C24H35FN6O3/c1-34-16-19(25)15-31(14-10-21(24(32)33)30-22-9-12-26-17-28-22)13-3-2-6-20-8-7-18-5-4-11-27-23(18)29-20/h7-9,12,17,19,21H,2-6,10-11,13-16H2,1H3,(H,27,29)(H,32,33)(H,26,28,30)/t19-,21-/m0/s1. The normalized spacial score (nSPS) is 14.8. The van der Waals surface area contributed by atoms with Gasteiger partial charge in [-0.15, -0.1) is 0 Å². The molecular formula is C24H35FN6O3.